The van der Waals surface area contributed by atoms with Crippen LogP contribution in [0.15, 0.2) is 73.3 Å². The van der Waals surface area contributed by atoms with E-state index in [0.29, 0.717) is 61.7 Å². The Morgan fingerprint density at radius 3 is 2.42 bits per heavy atom. The topological polar surface area (TPSA) is 163 Å². The fourth-order valence-corrected chi connectivity index (χ4v) is 7.55. The SMILES string of the molecule is C=CC(=O)N[C@@H]1CC[C@H](NC(=O)c2sc3c(N)ccc4c3c2C(N)C(=O)C4(N)c2ccc(Oc3ccccc3)cc2C)C1. The standard InChI is InChI=1S/C33H33N5O4S/c1-3-25(39)37-18-9-10-19(16-18)38-32(41)30-27-26-23(13-14-24(34)29(26)43-30)33(36,31(40)28(27)35)22-12-11-21(15-17(22)2)42-20-7-5-4-6-8-20/h3-8,11-15,18-19,28H,1,9-10,16,34-36H2,2H3,(H,37,39)(H,38,41)/t18-,19+,28?,33?/m1/s1. The molecule has 2 unspecified atom stereocenters. The number of amides is 2. The predicted molar refractivity (Wildman–Crippen MR) is 168 cm³/mol. The lowest BCUT2D eigenvalue weighted by atomic mass is 9.69. The molecule has 10 heteroatoms. The number of nitrogens with one attached hydrogen (secondary N) is 2. The first-order valence-electron chi connectivity index (χ1n) is 14.1. The molecule has 9 nitrogen and oxygen atoms in total. The van der Waals surface area contributed by atoms with Crippen molar-refractivity contribution >= 4 is 44.7 Å². The van der Waals surface area contributed by atoms with Crippen LogP contribution >= 0.6 is 11.3 Å². The number of nitrogen functional groups attached to an aromatic ring is 1. The monoisotopic (exact) mass is 595 g/mol. The van der Waals surface area contributed by atoms with Crippen LogP contribution in [0.25, 0.3) is 10.1 Å². The molecule has 0 bridgehead atoms. The van der Waals surface area contributed by atoms with Crippen molar-refractivity contribution in [3.63, 3.8) is 0 Å². The fraction of sp³-hybridized carbons (Fsp3) is 0.242. The molecule has 0 spiro atoms. The third-order valence-electron chi connectivity index (χ3n) is 8.42. The summed E-state index contributed by atoms with van der Waals surface area (Å²) in [6, 6.07) is 17.0. The maximum absolute atomic E-state index is 14.2. The van der Waals surface area contributed by atoms with Gasteiger partial charge < -0.3 is 32.6 Å². The van der Waals surface area contributed by atoms with Crippen LogP contribution in [0, 0.1) is 6.92 Å². The maximum atomic E-state index is 14.2. The summed E-state index contributed by atoms with van der Waals surface area (Å²) in [5, 5.41) is 6.62. The molecule has 1 aromatic heterocycles. The van der Waals surface area contributed by atoms with Gasteiger partial charge in [0, 0.05) is 28.7 Å². The highest BCUT2D eigenvalue weighted by Gasteiger charge is 2.49. The van der Waals surface area contributed by atoms with Gasteiger partial charge in [-0.2, -0.15) is 0 Å². The lowest BCUT2D eigenvalue weighted by molar-refractivity contribution is -0.124. The minimum Gasteiger partial charge on any atom is -0.457 e. The van der Waals surface area contributed by atoms with E-state index in [9.17, 15) is 14.4 Å². The summed E-state index contributed by atoms with van der Waals surface area (Å²) >= 11 is 1.22. The number of rotatable bonds is 7. The Kier molecular flexibility index (Phi) is 7.29. The van der Waals surface area contributed by atoms with Gasteiger partial charge in [-0.05, 0) is 79.3 Å². The van der Waals surface area contributed by atoms with E-state index in [0.717, 1.165) is 12.0 Å². The zero-order valence-electron chi connectivity index (χ0n) is 23.7. The maximum Gasteiger partial charge on any atom is 0.261 e. The number of benzene rings is 3. The average molecular weight is 596 g/mol. The van der Waals surface area contributed by atoms with Crippen molar-refractivity contribution in [3.05, 3.63) is 100 Å². The van der Waals surface area contributed by atoms with E-state index in [1.165, 1.54) is 17.4 Å². The van der Waals surface area contributed by atoms with E-state index in [4.69, 9.17) is 21.9 Å². The molecule has 0 radical (unpaired) electrons. The molecule has 1 heterocycles. The third kappa shape index (κ3) is 4.87. The summed E-state index contributed by atoms with van der Waals surface area (Å²) in [6.45, 7) is 5.37. The first-order valence-corrected chi connectivity index (χ1v) is 15.0. The van der Waals surface area contributed by atoms with Crippen LogP contribution in [0.5, 0.6) is 11.5 Å². The van der Waals surface area contributed by atoms with Crippen molar-refractivity contribution in [2.45, 2.75) is 49.9 Å². The molecule has 4 atom stereocenters. The lowest BCUT2D eigenvalue weighted by Gasteiger charge is -2.37. The summed E-state index contributed by atoms with van der Waals surface area (Å²) in [5.74, 6) is 0.327. The fourth-order valence-electron chi connectivity index (χ4n) is 6.35. The van der Waals surface area contributed by atoms with Gasteiger partial charge in [0.2, 0.25) is 5.91 Å². The molecular weight excluding hydrogens is 562 g/mol. The highest BCUT2D eigenvalue weighted by molar-refractivity contribution is 7.21. The van der Waals surface area contributed by atoms with E-state index in [2.05, 4.69) is 17.2 Å². The Balaban J connectivity index is 1.36. The molecule has 1 fully saturated rings. The van der Waals surface area contributed by atoms with Gasteiger partial charge in [0.15, 0.2) is 5.78 Å². The van der Waals surface area contributed by atoms with Crippen molar-refractivity contribution in [2.75, 3.05) is 5.73 Å². The van der Waals surface area contributed by atoms with Crippen LogP contribution in [0.3, 0.4) is 0 Å². The molecule has 43 heavy (non-hydrogen) atoms. The van der Waals surface area contributed by atoms with Gasteiger partial charge in [0.1, 0.15) is 17.0 Å². The van der Waals surface area contributed by atoms with Crippen molar-refractivity contribution in [1.29, 1.82) is 0 Å². The second kappa shape index (κ2) is 11.0. The Labute approximate surface area is 253 Å². The molecule has 2 aliphatic rings. The van der Waals surface area contributed by atoms with Crippen LogP contribution in [0.4, 0.5) is 5.69 Å². The number of hydrogen-bond donors (Lipinski definition) is 5. The molecule has 2 aliphatic carbocycles. The normalized spacial score (nSPS) is 22.8. The molecule has 6 rings (SSSR count). The van der Waals surface area contributed by atoms with E-state index in [1.54, 1.807) is 24.3 Å². The molecule has 0 saturated heterocycles. The number of ketones is 1. The number of Topliss-reactive ketones (excluding diaryl/α,β-unsaturated/α-hetero) is 1. The summed E-state index contributed by atoms with van der Waals surface area (Å²) in [5.41, 5.74) is 21.4. The first kappa shape index (κ1) is 28.6. The minimum atomic E-state index is -1.56. The number of ether oxygens (including phenoxy) is 1. The number of carbonyl (C=O) groups is 3. The van der Waals surface area contributed by atoms with Crippen molar-refractivity contribution in [3.8, 4) is 11.5 Å². The molecular formula is C33H33N5O4S. The number of thiophene rings is 1. The number of anilines is 1. The van der Waals surface area contributed by atoms with Crippen molar-refractivity contribution in [2.24, 2.45) is 11.5 Å². The Morgan fingerprint density at radius 1 is 1.02 bits per heavy atom. The quantitative estimate of drug-likeness (QED) is 0.157. The van der Waals surface area contributed by atoms with Crippen LogP contribution in [0.1, 0.15) is 57.2 Å². The highest BCUT2D eigenvalue weighted by atomic mass is 32.1. The van der Waals surface area contributed by atoms with Crippen LogP contribution in [-0.4, -0.2) is 29.7 Å². The second-order valence-electron chi connectivity index (χ2n) is 11.2. The number of nitrogens with two attached hydrogens (primary N) is 3. The summed E-state index contributed by atoms with van der Waals surface area (Å²) < 4.78 is 6.66. The van der Waals surface area contributed by atoms with E-state index < -0.39 is 17.4 Å². The molecule has 1 saturated carbocycles. The molecule has 220 valence electrons. The number of carbonyl (C=O) groups excluding carboxylic acids is 3. The van der Waals surface area contributed by atoms with E-state index in [1.807, 2.05) is 43.3 Å². The highest BCUT2D eigenvalue weighted by Crippen LogP contribution is 2.50. The predicted octanol–water partition coefficient (Wildman–Crippen LogP) is 4.32. The third-order valence-corrected chi connectivity index (χ3v) is 9.67. The van der Waals surface area contributed by atoms with Gasteiger partial charge in [0.25, 0.3) is 5.91 Å². The molecule has 4 aromatic rings. The lowest BCUT2D eigenvalue weighted by Crippen LogP contribution is -2.53. The average Bonchev–Trinajstić information content (AvgIpc) is 3.61. The van der Waals surface area contributed by atoms with Crippen LogP contribution in [-0.2, 0) is 15.1 Å². The van der Waals surface area contributed by atoms with Gasteiger partial charge in [-0.25, -0.2) is 0 Å². The summed E-state index contributed by atoms with van der Waals surface area (Å²) in [4.78, 5) is 39.9. The molecule has 8 N–H and O–H groups in total. The number of aryl methyl sites for hydroxylation is 1. The Morgan fingerprint density at radius 2 is 1.72 bits per heavy atom. The number of para-hydroxylation sites is 1. The summed E-state index contributed by atoms with van der Waals surface area (Å²) in [7, 11) is 0. The number of hydrogen-bond acceptors (Lipinski definition) is 8. The minimum absolute atomic E-state index is 0.0479. The second-order valence-corrected chi connectivity index (χ2v) is 12.2. The zero-order valence-corrected chi connectivity index (χ0v) is 24.5. The van der Waals surface area contributed by atoms with Crippen molar-refractivity contribution in [1.82, 2.24) is 10.6 Å². The Bertz CT molecular complexity index is 1790. The van der Waals surface area contributed by atoms with Gasteiger partial charge in [-0.1, -0.05) is 36.9 Å². The van der Waals surface area contributed by atoms with Gasteiger partial charge in [0.05, 0.1) is 15.6 Å². The Hall–Kier alpha value is -4.51. The van der Waals surface area contributed by atoms with Gasteiger partial charge in [-0.3, -0.25) is 14.4 Å². The smallest absolute Gasteiger partial charge is 0.261 e. The summed E-state index contributed by atoms with van der Waals surface area (Å²) in [6.07, 6.45) is 3.28. The molecule has 0 aliphatic heterocycles. The zero-order chi connectivity index (χ0) is 30.5. The molecule has 3 aromatic carbocycles. The van der Waals surface area contributed by atoms with Gasteiger partial charge in [-0.15, -0.1) is 11.3 Å². The van der Waals surface area contributed by atoms with E-state index >= 15 is 0 Å². The van der Waals surface area contributed by atoms with Crippen molar-refractivity contribution < 1.29 is 19.1 Å². The van der Waals surface area contributed by atoms with E-state index in [-0.39, 0.29) is 23.9 Å². The first-order chi connectivity index (χ1) is 20.6. The van der Waals surface area contributed by atoms with Crippen LogP contribution in [0.2, 0.25) is 0 Å². The van der Waals surface area contributed by atoms with Gasteiger partial charge >= 0.3 is 0 Å². The van der Waals surface area contributed by atoms with Crippen LogP contribution < -0.4 is 32.6 Å². The molecule has 2 amide bonds. The largest absolute Gasteiger partial charge is 0.457 e.